The number of nitrogens with zero attached hydrogens (tertiary/aromatic N) is 1. The van der Waals surface area contributed by atoms with Crippen LogP contribution in [0.4, 0.5) is 5.69 Å². The van der Waals surface area contributed by atoms with Crippen molar-refractivity contribution in [2.45, 2.75) is 6.42 Å². The first kappa shape index (κ1) is 7.53. The number of aromatic amines is 1. The van der Waals surface area contributed by atoms with Gasteiger partial charge >= 0.3 is 0 Å². The number of anilines is 1. The Bertz CT molecular complexity index is 316. The normalized spacial score (nSPS) is 9.45. The van der Waals surface area contributed by atoms with Gasteiger partial charge in [-0.25, -0.2) is 4.98 Å². The molecule has 11 heavy (non-hydrogen) atoms. The van der Waals surface area contributed by atoms with E-state index in [1.54, 1.807) is 6.08 Å². The predicted molar refractivity (Wildman–Crippen MR) is 43.2 cm³/mol. The summed E-state index contributed by atoms with van der Waals surface area (Å²) < 4.78 is 0. The zero-order chi connectivity index (χ0) is 8.27. The molecule has 1 rings (SSSR count). The highest BCUT2D eigenvalue weighted by Gasteiger charge is 1.95. The van der Waals surface area contributed by atoms with Gasteiger partial charge in [0.05, 0.1) is 6.20 Å². The van der Waals surface area contributed by atoms with E-state index in [4.69, 9.17) is 5.73 Å². The number of aromatic nitrogens is 2. The molecule has 0 spiro atoms. The molecular weight excluding hydrogens is 142 g/mol. The van der Waals surface area contributed by atoms with Gasteiger partial charge in [-0.05, 0) is 0 Å². The average molecular weight is 151 g/mol. The molecule has 58 valence electrons. The molecule has 0 amide bonds. The van der Waals surface area contributed by atoms with Crippen molar-refractivity contribution in [1.82, 2.24) is 9.97 Å². The lowest BCUT2D eigenvalue weighted by Gasteiger charge is -1.94. The molecule has 1 aromatic heterocycles. The highest BCUT2D eigenvalue weighted by Crippen LogP contribution is 1.90. The molecule has 0 bridgehead atoms. The van der Waals surface area contributed by atoms with Gasteiger partial charge in [0.1, 0.15) is 11.5 Å². The van der Waals surface area contributed by atoms with Crippen LogP contribution in [0.5, 0.6) is 0 Å². The van der Waals surface area contributed by atoms with Crippen molar-refractivity contribution in [3.8, 4) is 0 Å². The predicted octanol–water partition coefficient (Wildman–Crippen LogP) is 0.0806. The number of allylic oxidation sites excluding steroid dienone is 1. The first-order valence-electron chi connectivity index (χ1n) is 3.18. The van der Waals surface area contributed by atoms with Gasteiger partial charge in [0.15, 0.2) is 0 Å². The van der Waals surface area contributed by atoms with E-state index < -0.39 is 0 Å². The quantitative estimate of drug-likeness (QED) is 0.588. The van der Waals surface area contributed by atoms with Crippen LogP contribution in [0.3, 0.4) is 0 Å². The molecule has 0 aliphatic heterocycles. The smallest absolute Gasteiger partial charge is 0.274 e. The maximum absolute atomic E-state index is 10.9. The molecule has 0 radical (unpaired) electrons. The highest BCUT2D eigenvalue weighted by molar-refractivity contribution is 5.30. The Balaban J connectivity index is 3.05. The summed E-state index contributed by atoms with van der Waals surface area (Å²) in [7, 11) is 0. The van der Waals surface area contributed by atoms with Crippen molar-refractivity contribution < 1.29 is 0 Å². The van der Waals surface area contributed by atoms with Crippen LogP contribution in [-0.2, 0) is 6.42 Å². The molecule has 0 saturated heterocycles. The molecule has 0 saturated carbocycles. The van der Waals surface area contributed by atoms with Gasteiger partial charge in [0, 0.05) is 6.42 Å². The van der Waals surface area contributed by atoms with E-state index >= 15 is 0 Å². The fourth-order valence-electron chi connectivity index (χ4n) is 0.682. The van der Waals surface area contributed by atoms with Gasteiger partial charge in [-0.15, -0.1) is 6.58 Å². The van der Waals surface area contributed by atoms with Crippen LogP contribution in [-0.4, -0.2) is 9.97 Å². The van der Waals surface area contributed by atoms with E-state index in [-0.39, 0.29) is 11.2 Å². The van der Waals surface area contributed by atoms with Crippen molar-refractivity contribution >= 4 is 5.69 Å². The molecule has 0 aliphatic carbocycles. The Morgan fingerprint density at radius 1 is 1.82 bits per heavy atom. The maximum atomic E-state index is 10.9. The average Bonchev–Trinajstić information content (AvgIpc) is 1.98. The minimum Gasteiger partial charge on any atom is -0.393 e. The van der Waals surface area contributed by atoms with E-state index in [0.29, 0.717) is 12.2 Å². The van der Waals surface area contributed by atoms with Crippen LogP contribution in [0, 0.1) is 0 Å². The van der Waals surface area contributed by atoms with Gasteiger partial charge in [0.2, 0.25) is 0 Å². The molecule has 1 aromatic rings. The molecule has 0 aromatic carbocycles. The lowest BCUT2D eigenvalue weighted by molar-refractivity contribution is 0.969. The maximum Gasteiger partial charge on any atom is 0.274 e. The largest absolute Gasteiger partial charge is 0.393 e. The lowest BCUT2D eigenvalue weighted by Crippen LogP contribution is -2.14. The van der Waals surface area contributed by atoms with E-state index in [1.165, 1.54) is 6.20 Å². The van der Waals surface area contributed by atoms with Crippen molar-refractivity contribution in [3.05, 3.63) is 35.0 Å². The summed E-state index contributed by atoms with van der Waals surface area (Å²) >= 11 is 0. The highest BCUT2D eigenvalue weighted by atomic mass is 16.1. The Kier molecular flexibility index (Phi) is 2.06. The number of hydrogen-bond donors (Lipinski definition) is 2. The first-order chi connectivity index (χ1) is 5.24. The molecule has 0 fully saturated rings. The fourth-order valence-corrected chi connectivity index (χ4v) is 0.682. The van der Waals surface area contributed by atoms with E-state index in [1.807, 2.05) is 0 Å². The van der Waals surface area contributed by atoms with Gasteiger partial charge < -0.3 is 10.7 Å². The summed E-state index contributed by atoms with van der Waals surface area (Å²) in [5.74, 6) is 0.583. The Hall–Kier alpha value is -1.58. The van der Waals surface area contributed by atoms with Crippen molar-refractivity contribution in [2.24, 2.45) is 0 Å². The molecule has 4 nitrogen and oxygen atoms in total. The van der Waals surface area contributed by atoms with Crippen LogP contribution in [0.15, 0.2) is 23.6 Å². The van der Waals surface area contributed by atoms with Crippen molar-refractivity contribution in [2.75, 3.05) is 5.73 Å². The Morgan fingerprint density at radius 2 is 2.55 bits per heavy atom. The van der Waals surface area contributed by atoms with Gasteiger partial charge in [-0.3, -0.25) is 4.79 Å². The summed E-state index contributed by atoms with van der Waals surface area (Å²) in [5, 5.41) is 0. The third-order valence-corrected chi connectivity index (χ3v) is 1.22. The van der Waals surface area contributed by atoms with E-state index in [9.17, 15) is 4.79 Å². The molecule has 4 heteroatoms. The van der Waals surface area contributed by atoms with Crippen LogP contribution >= 0.6 is 0 Å². The second-order valence-electron chi connectivity index (χ2n) is 2.11. The summed E-state index contributed by atoms with van der Waals surface area (Å²) in [4.78, 5) is 17.3. The van der Waals surface area contributed by atoms with Gasteiger partial charge in [-0.1, -0.05) is 6.08 Å². The number of nitrogens with two attached hydrogens (primary N) is 1. The zero-order valence-corrected chi connectivity index (χ0v) is 6.00. The van der Waals surface area contributed by atoms with Crippen LogP contribution < -0.4 is 11.3 Å². The van der Waals surface area contributed by atoms with Crippen LogP contribution in [0.25, 0.3) is 0 Å². The van der Waals surface area contributed by atoms with Crippen molar-refractivity contribution in [1.29, 1.82) is 0 Å². The minimum atomic E-state index is -0.295. The Morgan fingerprint density at radius 3 is 3.09 bits per heavy atom. The Labute approximate surface area is 63.8 Å². The molecule has 1 heterocycles. The standard InChI is InChI=1S/C7H9N3O/c1-2-3-6-9-4-5(8)7(11)10-6/h2,4H,1,3,8H2,(H,9,10,11). The molecule has 0 unspecified atom stereocenters. The SMILES string of the molecule is C=CCc1ncc(N)c(=O)[nH]1. The summed E-state index contributed by atoms with van der Waals surface area (Å²) in [6.45, 7) is 3.51. The third kappa shape index (κ3) is 1.67. The number of nitrogen functional groups attached to an aromatic ring is 1. The number of hydrogen-bond acceptors (Lipinski definition) is 3. The summed E-state index contributed by atoms with van der Waals surface area (Å²) in [6.07, 6.45) is 3.56. The van der Waals surface area contributed by atoms with Crippen LogP contribution in [0.2, 0.25) is 0 Å². The van der Waals surface area contributed by atoms with Gasteiger partial charge in [-0.2, -0.15) is 0 Å². The summed E-state index contributed by atoms with van der Waals surface area (Å²) in [5.41, 5.74) is 5.10. The van der Waals surface area contributed by atoms with Crippen LogP contribution in [0.1, 0.15) is 5.82 Å². The lowest BCUT2D eigenvalue weighted by atomic mass is 10.4. The van der Waals surface area contributed by atoms with Gasteiger partial charge in [0.25, 0.3) is 5.56 Å². The summed E-state index contributed by atoms with van der Waals surface area (Å²) in [6, 6.07) is 0. The number of rotatable bonds is 2. The molecule has 3 N–H and O–H groups in total. The number of nitrogens with one attached hydrogen (secondary N) is 1. The zero-order valence-electron chi connectivity index (χ0n) is 6.00. The third-order valence-electron chi connectivity index (χ3n) is 1.22. The van der Waals surface area contributed by atoms with E-state index in [0.717, 1.165) is 0 Å². The topological polar surface area (TPSA) is 71.8 Å². The molecule has 0 aliphatic rings. The number of H-pyrrole nitrogens is 1. The fraction of sp³-hybridized carbons (Fsp3) is 0.143. The molecular formula is C7H9N3O. The minimum absolute atomic E-state index is 0.137. The second-order valence-corrected chi connectivity index (χ2v) is 2.11. The molecule has 0 atom stereocenters. The first-order valence-corrected chi connectivity index (χ1v) is 3.18. The second kappa shape index (κ2) is 3.01. The van der Waals surface area contributed by atoms with E-state index in [2.05, 4.69) is 16.5 Å². The van der Waals surface area contributed by atoms with Crippen molar-refractivity contribution in [3.63, 3.8) is 0 Å². The monoisotopic (exact) mass is 151 g/mol.